The van der Waals surface area contributed by atoms with Crippen LogP contribution in [0.1, 0.15) is 0 Å². The Morgan fingerprint density at radius 1 is 0.464 bits per heavy atom. The van der Waals surface area contributed by atoms with Gasteiger partial charge in [-0.25, -0.2) is 0 Å². The third-order valence-electron chi connectivity index (χ3n) is 2.93. The van der Waals surface area contributed by atoms with E-state index in [0.717, 1.165) is 6.55 Å². The van der Waals surface area contributed by atoms with Crippen molar-refractivity contribution in [3.8, 4) is 0 Å². The molecule has 27 heteroatoms. The Bertz CT molecular complexity index is 622. The van der Waals surface area contributed by atoms with E-state index < -0.39 is 72.6 Å². The number of fused-ring (bicyclic) bond motifs is 4. The van der Waals surface area contributed by atoms with E-state index in [4.69, 9.17) is 37.0 Å². The van der Waals surface area contributed by atoms with Crippen molar-refractivity contribution in [2.24, 2.45) is 0 Å². The largest absolute Gasteiger partial charge is 0.662 e. The maximum Gasteiger partial charge on any atom is 0.662 e. The lowest BCUT2D eigenvalue weighted by Crippen LogP contribution is -2.83. The summed E-state index contributed by atoms with van der Waals surface area (Å²) in [6.45, 7) is 0.803. The highest BCUT2D eigenvalue weighted by molar-refractivity contribution is 6.92. The Morgan fingerprint density at radius 2 is 0.786 bits per heavy atom. The first-order valence-corrected chi connectivity index (χ1v) is 20.6. The monoisotopic (exact) mass is 552 g/mol. The molecule has 4 rings (SSSR count). The zero-order chi connectivity index (χ0) is 20.9. The van der Waals surface area contributed by atoms with Crippen LogP contribution >= 0.6 is 0 Å². The fourth-order valence-corrected chi connectivity index (χ4v) is 28.5. The molecule has 4 heterocycles. The second kappa shape index (κ2) is 6.27. The molecule has 4 fully saturated rings. The molecular weight excluding hydrogens is 541 g/mol. The minimum atomic E-state index is -5.60. The van der Waals surface area contributed by atoms with Gasteiger partial charge in [-0.3, -0.25) is 0 Å². The Labute approximate surface area is 163 Å². The molecule has 4 atom stereocenters. The van der Waals surface area contributed by atoms with E-state index in [-0.39, 0.29) is 0 Å². The maximum absolute atomic E-state index is 10.5. The Balaban J connectivity index is 1.91. The van der Waals surface area contributed by atoms with Crippen molar-refractivity contribution in [3.05, 3.63) is 0 Å². The van der Waals surface area contributed by atoms with E-state index in [0.29, 0.717) is 0 Å². The van der Waals surface area contributed by atoms with Crippen molar-refractivity contribution in [2.75, 3.05) is 0 Å². The SMILES string of the molecule is C[Si]1(O)O[Si]2(O)O[Si]3(O)O[SiH]4O[Si](O)(O[Si](O)(O)O3)O[Si](O)(O1)O[Si](O)(O4)O2. The average Bonchev–Trinajstić information content (AvgIpc) is 2.24. The van der Waals surface area contributed by atoms with Crippen molar-refractivity contribution in [3.63, 3.8) is 0 Å². The molecular formula is CH12O19Si8. The van der Waals surface area contributed by atoms with Gasteiger partial charge in [-0.05, 0) is 0 Å². The highest BCUT2D eigenvalue weighted by atomic mass is 28.6. The van der Waals surface area contributed by atoms with Crippen LogP contribution in [0.2, 0.25) is 6.55 Å². The molecule has 0 saturated carbocycles. The first-order valence-electron chi connectivity index (χ1n) is 6.87. The van der Waals surface area contributed by atoms with Gasteiger partial charge in [0, 0.05) is 6.55 Å². The molecule has 6 bridgehead atoms. The van der Waals surface area contributed by atoms with E-state index in [1.807, 2.05) is 0 Å². The van der Waals surface area contributed by atoms with Crippen LogP contribution in [0, 0.1) is 0 Å². The summed E-state index contributed by atoms with van der Waals surface area (Å²) in [4.78, 5) is 82.2. The van der Waals surface area contributed by atoms with Crippen LogP contribution in [0.25, 0.3) is 0 Å². The predicted molar refractivity (Wildman–Crippen MR) is 83.0 cm³/mol. The van der Waals surface area contributed by atoms with Crippen molar-refractivity contribution >= 4 is 72.6 Å². The minimum absolute atomic E-state index is 0.803. The molecule has 19 nitrogen and oxygen atoms in total. The summed E-state index contributed by atoms with van der Waals surface area (Å²) in [7, 11) is -41.4. The highest BCUT2D eigenvalue weighted by Gasteiger charge is 2.80. The van der Waals surface area contributed by atoms with E-state index in [9.17, 15) is 38.4 Å². The third kappa shape index (κ3) is 4.45. The Kier molecular flexibility index (Phi) is 4.97. The second-order valence-electron chi connectivity index (χ2n) is 5.52. The summed E-state index contributed by atoms with van der Waals surface area (Å²) in [5.41, 5.74) is 0. The predicted octanol–water partition coefficient (Wildman–Crippen LogP) is -7.94. The molecule has 0 aliphatic carbocycles. The first kappa shape index (κ1) is 22.2. The molecule has 0 aromatic heterocycles. The Morgan fingerprint density at radius 3 is 1.14 bits per heavy atom. The van der Waals surface area contributed by atoms with Gasteiger partial charge >= 0.3 is 72.6 Å². The van der Waals surface area contributed by atoms with Crippen molar-refractivity contribution in [2.45, 2.75) is 6.55 Å². The van der Waals surface area contributed by atoms with Gasteiger partial charge in [0.05, 0.1) is 0 Å². The van der Waals surface area contributed by atoms with Crippen LogP contribution < -0.4 is 0 Å². The van der Waals surface area contributed by atoms with Gasteiger partial charge in [0.2, 0.25) is 0 Å². The zero-order valence-corrected chi connectivity index (χ0v) is 21.3. The molecule has 0 aromatic rings. The first-order chi connectivity index (χ1) is 12.4. The van der Waals surface area contributed by atoms with Crippen molar-refractivity contribution < 1.29 is 83.6 Å². The lowest BCUT2D eigenvalue weighted by Gasteiger charge is -2.49. The number of hydrogen-bond donors (Lipinski definition) is 8. The zero-order valence-electron chi connectivity index (χ0n) is 13.1. The van der Waals surface area contributed by atoms with Crippen LogP contribution in [-0.2, 0) is 45.3 Å². The molecule has 4 unspecified atom stereocenters. The van der Waals surface area contributed by atoms with E-state index in [1.165, 1.54) is 0 Å². The molecule has 8 N–H and O–H groups in total. The van der Waals surface area contributed by atoms with Crippen molar-refractivity contribution in [1.29, 1.82) is 0 Å². The summed E-state index contributed by atoms with van der Waals surface area (Å²) in [6, 6.07) is 0. The number of rotatable bonds is 0. The van der Waals surface area contributed by atoms with Gasteiger partial charge in [0.25, 0.3) is 0 Å². The molecule has 0 spiro atoms. The lowest BCUT2D eigenvalue weighted by atomic mass is 11.9. The third-order valence-corrected chi connectivity index (χ3v) is 26.4. The van der Waals surface area contributed by atoms with Crippen LogP contribution in [0.15, 0.2) is 0 Å². The van der Waals surface area contributed by atoms with E-state index >= 15 is 0 Å². The molecule has 0 aromatic carbocycles. The van der Waals surface area contributed by atoms with Gasteiger partial charge in [-0.1, -0.05) is 0 Å². The van der Waals surface area contributed by atoms with Gasteiger partial charge < -0.3 is 83.6 Å². The van der Waals surface area contributed by atoms with Crippen molar-refractivity contribution in [1.82, 2.24) is 0 Å². The summed E-state index contributed by atoms with van der Waals surface area (Å²) in [5.74, 6) is 0. The van der Waals surface area contributed by atoms with Crippen LogP contribution in [0.3, 0.4) is 0 Å². The second-order valence-corrected chi connectivity index (χ2v) is 23.6. The van der Waals surface area contributed by atoms with E-state index in [2.05, 4.69) is 8.23 Å². The molecule has 28 heavy (non-hydrogen) atoms. The smallest absolute Gasteiger partial charge is 0.391 e. The van der Waals surface area contributed by atoms with Gasteiger partial charge in [-0.15, -0.1) is 0 Å². The Hall–Kier alpha value is 0.975. The molecule has 4 saturated heterocycles. The van der Waals surface area contributed by atoms with E-state index in [1.54, 1.807) is 0 Å². The average molecular weight is 553 g/mol. The van der Waals surface area contributed by atoms with Gasteiger partial charge in [0.15, 0.2) is 0 Å². The summed E-state index contributed by atoms with van der Waals surface area (Å²) in [5, 5.41) is 0. The number of hydrogen-bond acceptors (Lipinski definition) is 19. The highest BCUT2D eigenvalue weighted by Crippen LogP contribution is 2.37. The minimum Gasteiger partial charge on any atom is -0.391 e. The fourth-order valence-electron chi connectivity index (χ4n) is 2.28. The maximum atomic E-state index is 10.5. The van der Waals surface area contributed by atoms with Crippen LogP contribution in [0.5, 0.6) is 0 Å². The van der Waals surface area contributed by atoms with Gasteiger partial charge in [0.1, 0.15) is 0 Å². The van der Waals surface area contributed by atoms with Crippen LogP contribution in [-0.4, -0.2) is 111 Å². The normalized spacial score (nSPS) is 58.8. The van der Waals surface area contributed by atoms with Crippen LogP contribution in [0.4, 0.5) is 0 Å². The summed E-state index contributed by atoms with van der Waals surface area (Å²) in [6.07, 6.45) is 0. The molecule has 4 aliphatic heterocycles. The topological polar surface area (TPSA) is 263 Å². The molecule has 162 valence electrons. The summed E-state index contributed by atoms with van der Waals surface area (Å²) < 4.78 is 52.5. The quantitative estimate of drug-likeness (QED) is 0.130. The standard InChI is InChI=1S/CH12O19Si8/c1-22(2)13-27(8)17-24(5)10-21-11-25(6,16-23(3,4)15-24)18-28(9,14-22)20-26(7,12-21)19-27/h2-9,21H,1H3. The molecule has 0 amide bonds. The fraction of sp³-hybridized carbons (Fsp3) is 1.00. The molecule has 4 aliphatic rings. The lowest BCUT2D eigenvalue weighted by molar-refractivity contribution is -0.0902. The van der Waals surface area contributed by atoms with Gasteiger partial charge in [-0.2, -0.15) is 0 Å². The molecule has 0 radical (unpaired) electrons. The summed E-state index contributed by atoms with van der Waals surface area (Å²) >= 11 is 0.